The molecule has 1 rings (SSSR count). The van der Waals surface area contributed by atoms with Crippen LogP contribution in [0.3, 0.4) is 0 Å². The third kappa shape index (κ3) is 4.69. The van der Waals surface area contributed by atoms with Crippen LogP contribution in [0.25, 0.3) is 0 Å². The first-order valence-electron chi connectivity index (χ1n) is 5.21. The maximum absolute atomic E-state index is 5.78. The number of hydrogen-bond donors (Lipinski definition) is 1. The zero-order chi connectivity index (χ0) is 11.1. The van der Waals surface area contributed by atoms with Crippen molar-refractivity contribution in [3.05, 3.63) is 29.8 Å². The van der Waals surface area contributed by atoms with Crippen LogP contribution in [0.5, 0.6) is 0 Å². The first-order valence-corrected chi connectivity index (χ1v) is 6.20. The van der Waals surface area contributed by atoms with Crippen molar-refractivity contribution in [3.63, 3.8) is 0 Å². The Labute approximate surface area is 96.2 Å². The van der Waals surface area contributed by atoms with Crippen LogP contribution in [0.1, 0.15) is 24.9 Å². The molecule has 84 valence electrons. The predicted octanol–water partition coefficient (Wildman–Crippen LogP) is 2.83. The van der Waals surface area contributed by atoms with E-state index in [0.717, 1.165) is 18.8 Å². The summed E-state index contributed by atoms with van der Waals surface area (Å²) in [5, 5.41) is 0. The molecule has 1 atom stereocenters. The van der Waals surface area contributed by atoms with Crippen molar-refractivity contribution in [1.82, 2.24) is 0 Å². The average Bonchev–Trinajstić information content (AvgIpc) is 2.25. The summed E-state index contributed by atoms with van der Waals surface area (Å²) >= 11 is 1.86. The smallest absolute Gasteiger partial charge is 0.0470 e. The minimum Gasteiger partial charge on any atom is -0.385 e. The van der Waals surface area contributed by atoms with Gasteiger partial charge >= 0.3 is 0 Å². The van der Waals surface area contributed by atoms with Gasteiger partial charge < -0.3 is 10.5 Å². The topological polar surface area (TPSA) is 35.2 Å². The molecule has 1 aromatic rings. The summed E-state index contributed by atoms with van der Waals surface area (Å²) in [4.78, 5) is 1.30. The summed E-state index contributed by atoms with van der Waals surface area (Å²) in [7, 11) is 1.74. The molecule has 0 radical (unpaired) electrons. The molecule has 0 aromatic heterocycles. The molecule has 2 nitrogen and oxygen atoms in total. The lowest BCUT2D eigenvalue weighted by molar-refractivity contribution is 0.200. The number of nitrogens with two attached hydrogens (primary N) is 1. The molecule has 0 bridgehead atoms. The maximum atomic E-state index is 5.78. The molecule has 0 fully saturated rings. The molecular weight excluding hydrogens is 206 g/mol. The van der Waals surface area contributed by atoms with E-state index >= 15 is 0 Å². The van der Waals surface area contributed by atoms with E-state index in [-0.39, 0.29) is 6.04 Å². The quantitative estimate of drug-likeness (QED) is 0.597. The lowest BCUT2D eigenvalue weighted by atomic mass is 10.1. The third-order valence-electron chi connectivity index (χ3n) is 2.17. The van der Waals surface area contributed by atoms with Gasteiger partial charge in [0.1, 0.15) is 0 Å². The number of rotatable bonds is 6. The molecule has 0 aliphatic carbocycles. The molecule has 0 heterocycles. The van der Waals surface area contributed by atoms with Gasteiger partial charge in [0.05, 0.1) is 0 Å². The highest BCUT2D eigenvalue weighted by molar-refractivity contribution is 7.99. The van der Waals surface area contributed by atoms with E-state index in [1.165, 1.54) is 10.5 Å². The normalized spacial score (nSPS) is 12.7. The Morgan fingerprint density at radius 3 is 2.53 bits per heavy atom. The molecule has 15 heavy (non-hydrogen) atoms. The number of methoxy groups -OCH3 is 1. The Bertz CT molecular complexity index is 271. The molecule has 3 heteroatoms. The van der Waals surface area contributed by atoms with Crippen LogP contribution in [0.4, 0.5) is 0 Å². The van der Waals surface area contributed by atoms with Gasteiger partial charge in [-0.15, -0.1) is 11.8 Å². The van der Waals surface area contributed by atoms with E-state index < -0.39 is 0 Å². The molecule has 0 amide bonds. The molecule has 0 saturated heterocycles. The highest BCUT2D eigenvalue weighted by Gasteiger charge is 1.99. The zero-order valence-corrected chi connectivity index (χ0v) is 10.2. The lowest BCUT2D eigenvalue weighted by Gasteiger charge is -2.06. The van der Waals surface area contributed by atoms with Crippen LogP contribution >= 0.6 is 11.8 Å². The summed E-state index contributed by atoms with van der Waals surface area (Å²) in [5.74, 6) is 1.10. The second kappa shape index (κ2) is 6.88. The Hall–Kier alpha value is -0.510. The van der Waals surface area contributed by atoms with Crippen molar-refractivity contribution in [2.24, 2.45) is 5.73 Å². The minimum absolute atomic E-state index is 0.123. The summed E-state index contributed by atoms with van der Waals surface area (Å²) in [6.07, 6.45) is 1.09. The fourth-order valence-electron chi connectivity index (χ4n) is 1.26. The van der Waals surface area contributed by atoms with Gasteiger partial charge in [-0.2, -0.15) is 0 Å². The van der Waals surface area contributed by atoms with E-state index in [9.17, 15) is 0 Å². The molecule has 1 aromatic carbocycles. The summed E-state index contributed by atoms with van der Waals surface area (Å²) in [6.45, 7) is 2.84. The number of hydrogen-bond acceptors (Lipinski definition) is 3. The molecule has 0 saturated carbocycles. The predicted molar refractivity (Wildman–Crippen MR) is 66.3 cm³/mol. The van der Waals surface area contributed by atoms with Crippen LogP contribution in [-0.2, 0) is 4.74 Å². The number of benzene rings is 1. The monoisotopic (exact) mass is 225 g/mol. The fourth-order valence-corrected chi connectivity index (χ4v) is 2.09. The van der Waals surface area contributed by atoms with Gasteiger partial charge in [0.15, 0.2) is 0 Å². The average molecular weight is 225 g/mol. The molecule has 0 aliphatic heterocycles. The van der Waals surface area contributed by atoms with Crippen molar-refractivity contribution in [2.75, 3.05) is 19.5 Å². The largest absolute Gasteiger partial charge is 0.385 e. The van der Waals surface area contributed by atoms with Crippen LogP contribution in [0.2, 0.25) is 0 Å². The van der Waals surface area contributed by atoms with Crippen molar-refractivity contribution in [2.45, 2.75) is 24.3 Å². The standard InChI is InChI=1S/C12H19NOS/c1-10(13)11-4-6-12(7-5-11)15-9-3-8-14-2/h4-7,10H,3,8-9,13H2,1-2H3/t10-/m0/s1. The molecular formula is C12H19NOS. The van der Waals surface area contributed by atoms with Gasteiger partial charge in [0.25, 0.3) is 0 Å². The van der Waals surface area contributed by atoms with Crippen molar-refractivity contribution >= 4 is 11.8 Å². The van der Waals surface area contributed by atoms with E-state index in [4.69, 9.17) is 10.5 Å². The van der Waals surface area contributed by atoms with E-state index in [2.05, 4.69) is 24.3 Å². The second-order valence-corrected chi connectivity index (χ2v) is 4.72. The maximum Gasteiger partial charge on any atom is 0.0470 e. The second-order valence-electron chi connectivity index (χ2n) is 3.55. The highest BCUT2D eigenvalue weighted by Crippen LogP contribution is 2.20. The summed E-state index contributed by atoms with van der Waals surface area (Å²) in [6, 6.07) is 8.59. The van der Waals surface area contributed by atoms with Gasteiger partial charge in [-0.1, -0.05) is 12.1 Å². The molecule has 0 aliphatic rings. The van der Waals surface area contributed by atoms with Crippen molar-refractivity contribution in [1.29, 1.82) is 0 Å². The Balaban J connectivity index is 2.36. The van der Waals surface area contributed by atoms with E-state index in [1.807, 2.05) is 18.7 Å². The SMILES string of the molecule is COCCCSc1ccc([C@H](C)N)cc1. The van der Waals surface area contributed by atoms with Gasteiger partial charge in [0, 0.05) is 30.4 Å². The van der Waals surface area contributed by atoms with Crippen LogP contribution < -0.4 is 5.73 Å². The van der Waals surface area contributed by atoms with Gasteiger partial charge in [-0.05, 0) is 31.0 Å². The van der Waals surface area contributed by atoms with Crippen LogP contribution in [0.15, 0.2) is 29.2 Å². The van der Waals surface area contributed by atoms with Gasteiger partial charge in [-0.3, -0.25) is 0 Å². The van der Waals surface area contributed by atoms with Gasteiger partial charge in [-0.25, -0.2) is 0 Å². The van der Waals surface area contributed by atoms with E-state index in [1.54, 1.807) is 7.11 Å². The molecule has 2 N–H and O–H groups in total. The fraction of sp³-hybridized carbons (Fsp3) is 0.500. The Morgan fingerprint density at radius 1 is 1.33 bits per heavy atom. The molecule has 0 spiro atoms. The van der Waals surface area contributed by atoms with Crippen molar-refractivity contribution in [3.8, 4) is 0 Å². The lowest BCUT2D eigenvalue weighted by Crippen LogP contribution is -2.04. The zero-order valence-electron chi connectivity index (χ0n) is 9.40. The summed E-state index contributed by atoms with van der Waals surface area (Å²) < 4.78 is 5.00. The summed E-state index contributed by atoms with van der Waals surface area (Å²) in [5.41, 5.74) is 6.97. The highest BCUT2D eigenvalue weighted by atomic mass is 32.2. The van der Waals surface area contributed by atoms with Crippen LogP contribution in [0, 0.1) is 0 Å². The van der Waals surface area contributed by atoms with Crippen LogP contribution in [-0.4, -0.2) is 19.5 Å². The van der Waals surface area contributed by atoms with Gasteiger partial charge in [0.2, 0.25) is 0 Å². The third-order valence-corrected chi connectivity index (χ3v) is 3.27. The first-order chi connectivity index (χ1) is 7.24. The molecule has 0 unspecified atom stereocenters. The Morgan fingerprint density at radius 2 is 2.00 bits per heavy atom. The van der Waals surface area contributed by atoms with E-state index in [0.29, 0.717) is 0 Å². The van der Waals surface area contributed by atoms with Crippen molar-refractivity contribution < 1.29 is 4.74 Å². The minimum atomic E-state index is 0.123. The first kappa shape index (κ1) is 12.6. The number of ether oxygens (including phenoxy) is 1. The Kier molecular flexibility index (Phi) is 5.76. The number of thioether (sulfide) groups is 1.